The van der Waals surface area contributed by atoms with E-state index in [-0.39, 0.29) is 0 Å². The first-order valence-electron chi connectivity index (χ1n) is 8.07. The van der Waals surface area contributed by atoms with Crippen LogP contribution in [0, 0.1) is 0 Å². The Morgan fingerprint density at radius 2 is 2.10 bits per heavy atom. The highest BCUT2D eigenvalue weighted by molar-refractivity contribution is 5.28. The van der Waals surface area contributed by atoms with E-state index in [2.05, 4.69) is 23.8 Å². The van der Waals surface area contributed by atoms with Crippen LogP contribution in [0.15, 0.2) is 24.3 Å². The Morgan fingerprint density at radius 1 is 1.33 bits per heavy atom. The van der Waals surface area contributed by atoms with Gasteiger partial charge in [0.15, 0.2) is 0 Å². The number of nitrogens with two attached hydrogens (primary N) is 1. The molecule has 0 aromatic heterocycles. The molecule has 2 rings (SSSR count). The number of piperidine rings is 1. The van der Waals surface area contributed by atoms with Gasteiger partial charge in [0.2, 0.25) is 0 Å². The second-order valence-electron chi connectivity index (χ2n) is 5.85. The van der Waals surface area contributed by atoms with Gasteiger partial charge in [-0.05, 0) is 57.2 Å². The van der Waals surface area contributed by atoms with Gasteiger partial charge in [-0.1, -0.05) is 19.1 Å². The molecule has 118 valence electrons. The first-order chi connectivity index (χ1) is 10.2. The predicted molar refractivity (Wildman–Crippen MR) is 87.6 cm³/mol. The number of nitrogens with zero attached hydrogens (tertiary/aromatic N) is 2. The van der Waals surface area contributed by atoms with Gasteiger partial charge < -0.3 is 15.4 Å². The van der Waals surface area contributed by atoms with Crippen molar-refractivity contribution in [3.8, 4) is 5.75 Å². The molecule has 1 saturated heterocycles. The number of ether oxygens (including phenoxy) is 1. The SMILES string of the molecule is CCN1CCC(N(C)CCOc2cccc(CN)c2)CC1. The lowest BCUT2D eigenvalue weighted by Gasteiger charge is -2.36. The fraction of sp³-hybridized carbons (Fsp3) is 0.647. The van der Waals surface area contributed by atoms with E-state index < -0.39 is 0 Å². The van der Waals surface area contributed by atoms with Gasteiger partial charge in [-0.2, -0.15) is 0 Å². The van der Waals surface area contributed by atoms with E-state index in [1.165, 1.54) is 32.5 Å². The van der Waals surface area contributed by atoms with Gasteiger partial charge in [-0.15, -0.1) is 0 Å². The van der Waals surface area contributed by atoms with Crippen LogP contribution in [0.5, 0.6) is 5.75 Å². The van der Waals surface area contributed by atoms with Crippen molar-refractivity contribution in [1.82, 2.24) is 9.80 Å². The minimum absolute atomic E-state index is 0.563. The van der Waals surface area contributed by atoms with Crippen LogP contribution in [0.4, 0.5) is 0 Å². The summed E-state index contributed by atoms with van der Waals surface area (Å²) in [5.41, 5.74) is 6.77. The van der Waals surface area contributed by atoms with Gasteiger partial charge in [0.25, 0.3) is 0 Å². The topological polar surface area (TPSA) is 41.7 Å². The third-order valence-corrected chi connectivity index (χ3v) is 4.47. The lowest BCUT2D eigenvalue weighted by molar-refractivity contribution is 0.118. The summed E-state index contributed by atoms with van der Waals surface area (Å²) in [5, 5.41) is 0. The molecular weight excluding hydrogens is 262 g/mol. The fourth-order valence-corrected chi connectivity index (χ4v) is 2.93. The molecular formula is C17H29N3O. The Morgan fingerprint density at radius 3 is 2.76 bits per heavy atom. The van der Waals surface area contributed by atoms with Crippen LogP contribution in [0.2, 0.25) is 0 Å². The zero-order valence-electron chi connectivity index (χ0n) is 13.4. The van der Waals surface area contributed by atoms with Crippen LogP contribution >= 0.6 is 0 Å². The number of likely N-dealkylation sites (N-methyl/N-ethyl adjacent to an activating group) is 1. The lowest BCUT2D eigenvalue weighted by atomic mass is 10.0. The van der Waals surface area contributed by atoms with Crippen LogP contribution in [-0.4, -0.2) is 55.7 Å². The fourth-order valence-electron chi connectivity index (χ4n) is 2.93. The molecule has 1 heterocycles. The summed E-state index contributed by atoms with van der Waals surface area (Å²) < 4.78 is 5.84. The van der Waals surface area contributed by atoms with Gasteiger partial charge in [0.1, 0.15) is 12.4 Å². The highest BCUT2D eigenvalue weighted by atomic mass is 16.5. The van der Waals surface area contributed by atoms with Crippen LogP contribution in [0.3, 0.4) is 0 Å². The van der Waals surface area contributed by atoms with Crippen molar-refractivity contribution < 1.29 is 4.74 Å². The van der Waals surface area contributed by atoms with Gasteiger partial charge in [-0.25, -0.2) is 0 Å². The van der Waals surface area contributed by atoms with E-state index in [1.807, 2.05) is 24.3 Å². The molecule has 0 atom stereocenters. The van der Waals surface area contributed by atoms with E-state index in [9.17, 15) is 0 Å². The molecule has 0 aliphatic carbocycles. The van der Waals surface area contributed by atoms with Crippen LogP contribution in [0.1, 0.15) is 25.3 Å². The molecule has 2 N–H and O–H groups in total. The molecule has 0 unspecified atom stereocenters. The van der Waals surface area contributed by atoms with E-state index in [0.29, 0.717) is 12.6 Å². The van der Waals surface area contributed by atoms with Gasteiger partial charge >= 0.3 is 0 Å². The lowest BCUT2D eigenvalue weighted by Crippen LogP contribution is -2.44. The molecule has 1 fully saturated rings. The van der Waals surface area contributed by atoms with Crippen molar-refractivity contribution in [3.63, 3.8) is 0 Å². The Balaban J connectivity index is 1.70. The number of likely N-dealkylation sites (tertiary alicyclic amines) is 1. The highest BCUT2D eigenvalue weighted by Crippen LogP contribution is 2.16. The molecule has 0 bridgehead atoms. The van der Waals surface area contributed by atoms with Crippen molar-refractivity contribution in [2.75, 3.05) is 39.8 Å². The molecule has 4 heteroatoms. The molecule has 4 nitrogen and oxygen atoms in total. The summed E-state index contributed by atoms with van der Waals surface area (Å²) in [6.45, 7) is 8.15. The van der Waals surface area contributed by atoms with Crippen molar-refractivity contribution >= 4 is 0 Å². The van der Waals surface area contributed by atoms with E-state index >= 15 is 0 Å². The normalized spacial score (nSPS) is 17.3. The molecule has 0 spiro atoms. The number of benzene rings is 1. The summed E-state index contributed by atoms with van der Waals surface area (Å²) in [5.74, 6) is 0.923. The average Bonchev–Trinajstić information content (AvgIpc) is 2.55. The Hall–Kier alpha value is -1.10. The number of rotatable bonds is 7. The standard InChI is InChI=1S/C17H29N3O/c1-3-20-9-7-16(8-10-20)19(2)11-12-21-17-6-4-5-15(13-17)14-18/h4-6,13,16H,3,7-12,14,18H2,1-2H3. The molecule has 1 aromatic carbocycles. The molecule has 0 radical (unpaired) electrons. The zero-order valence-corrected chi connectivity index (χ0v) is 13.4. The first kappa shape index (κ1) is 16.3. The van der Waals surface area contributed by atoms with Gasteiger partial charge in [-0.3, -0.25) is 4.90 Å². The Labute approximate surface area is 128 Å². The van der Waals surface area contributed by atoms with Crippen LogP contribution < -0.4 is 10.5 Å². The maximum Gasteiger partial charge on any atom is 0.119 e. The van der Waals surface area contributed by atoms with E-state index in [1.54, 1.807) is 0 Å². The summed E-state index contributed by atoms with van der Waals surface area (Å²) in [4.78, 5) is 4.97. The number of hydrogen-bond acceptors (Lipinski definition) is 4. The summed E-state index contributed by atoms with van der Waals surface area (Å²) >= 11 is 0. The Bertz CT molecular complexity index is 416. The smallest absolute Gasteiger partial charge is 0.119 e. The quantitative estimate of drug-likeness (QED) is 0.833. The van der Waals surface area contributed by atoms with Crippen molar-refractivity contribution in [3.05, 3.63) is 29.8 Å². The summed E-state index contributed by atoms with van der Waals surface area (Å²) in [6, 6.07) is 8.76. The minimum atomic E-state index is 0.563. The van der Waals surface area contributed by atoms with Crippen molar-refractivity contribution in [1.29, 1.82) is 0 Å². The largest absolute Gasteiger partial charge is 0.492 e. The summed E-state index contributed by atoms with van der Waals surface area (Å²) in [7, 11) is 2.21. The molecule has 1 aliphatic heterocycles. The molecule has 0 amide bonds. The zero-order chi connectivity index (χ0) is 15.1. The highest BCUT2D eigenvalue weighted by Gasteiger charge is 2.21. The van der Waals surface area contributed by atoms with E-state index in [0.717, 1.165) is 24.5 Å². The van der Waals surface area contributed by atoms with Crippen LogP contribution in [0.25, 0.3) is 0 Å². The van der Waals surface area contributed by atoms with Gasteiger partial charge in [0, 0.05) is 19.1 Å². The summed E-state index contributed by atoms with van der Waals surface area (Å²) in [6.07, 6.45) is 2.54. The van der Waals surface area contributed by atoms with Crippen LogP contribution in [-0.2, 0) is 6.54 Å². The minimum Gasteiger partial charge on any atom is -0.492 e. The molecule has 1 aliphatic rings. The third kappa shape index (κ3) is 4.99. The van der Waals surface area contributed by atoms with Crippen molar-refractivity contribution in [2.24, 2.45) is 5.73 Å². The first-order valence-corrected chi connectivity index (χ1v) is 8.07. The molecule has 0 saturated carbocycles. The number of hydrogen-bond donors (Lipinski definition) is 1. The maximum atomic E-state index is 5.84. The average molecular weight is 291 g/mol. The molecule has 21 heavy (non-hydrogen) atoms. The third-order valence-electron chi connectivity index (χ3n) is 4.47. The second-order valence-corrected chi connectivity index (χ2v) is 5.85. The van der Waals surface area contributed by atoms with Crippen molar-refractivity contribution in [2.45, 2.75) is 32.4 Å². The monoisotopic (exact) mass is 291 g/mol. The maximum absolute atomic E-state index is 5.84. The van der Waals surface area contributed by atoms with E-state index in [4.69, 9.17) is 10.5 Å². The second kappa shape index (κ2) is 8.37. The molecule has 1 aromatic rings. The van der Waals surface area contributed by atoms with Gasteiger partial charge in [0.05, 0.1) is 0 Å². The predicted octanol–water partition coefficient (Wildman–Crippen LogP) is 1.94. The Kier molecular flexibility index (Phi) is 6.49.